The fourth-order valence-corrected chi connectivity index (χ4v) is 6.52. The van der Waals surface area contributed by atoms with E-state index in [2.05, 4.69) is 25.4 Å². The molecule has 43 heavy (non-hydrogen) atoms. The summed E-state index contributed by atoms with van der Waals surface area (Å²) in [5.41, 5.74) is 6.68. The molecule has 5 rings (SSSR count). The number of esters is 1. The molecule has 1 aliphatic heterocycles. The molecule has 0 aliphatic carbocycles. The first-order valence-electron chi connectivity index (χ1n) is 13.8. The first kappa shape index (κ1) is 30.6. The molecule has 1 aliphatic rings. The normalized spacial score (nSPS) is 22.5. The molecule has 4 N–H and O–H groups in total. The van der Waals surface area contributed by atoms with Crippen LogP contribution in [0.4, 0.5) is 16.2 Å². The van der Waals surface area contributed by atoms with Gasteiger partial charge in [0.15, 0.2) is 17.0 Å². The summed E-state index contributed by atoms with van der Waals surface area (Å²) in [5.74, 6) is -2.74. The molecule has 230 valence electrons. The van der Waals surface area contributed by atoms with Crippen molar-refractivity contribution in [1.82, 2.24) is 24.6 Å². The molecule has 2 aromatic carbocycles. The summed E-state index contributed by atoms with van der Waals surface area (Å²) < 4.78 is 54.7. The predicted molar refractivity (Wildman–Crippen MR) is 159 cm³/mol. The van der Waals surface area contributed by atoms with Crippen LogP contribution in [0.25, 0.3) is 21.9 Å². The number of rotatable bonds is 11. The van der Waals surface area contributed by atoms with Crippen LogP contribution >= 0.6 is 7.75 Å². The smallest absolute Gasteiger partial charge is 0.459 e. The number of imidazole rings is 1. The van der Waals surface area contributed by atoms with Crippen LogP contribution in [0, 0.1) is 5.92 Å². The summed E-state index contributed by atoms with van der Waals surface area (Å²) in [6, 6.07) is 11.4. The molecule has 5 atom stereocenters. The van der Waals surface area contributed by atoms with Crippen molar-refractivity contribution in [2.75, 3.05) is 24.7 Å². The highest BCUT2D eigenvalue weighted by molar-refractivity contribution is 7.52. The molecule has 1 fully saturated rings. The number of anilines is 2. The number of nitrogens with two attached hydrogens (primary N) is 1. The Morgan fingerprint density at radius 1 is 1.23 bits per heavy atom. The van der Waals surface area contributed by atoms with Gasteiger partial charge in [0.1, 0.15) is 24.6 Å². The number of nitrogens with zero attached hydrogens (tertiary/aromatic N) is 4. The molecule has 4 aromatic rings. The van der Waals surface area contributed by atoms with Crippen molar-refractivity contribution >= 4 is 47.4 Å². The number of fused-ring (bicyclic) bond motifs is 2. The third-order valence-electron chi connectivity index (χ3n) is 6.87. The van der Waals surface area contributed by atoms with Crippen LogP contribution in [0.1, 0.15) is 40.3 Å². The Balaban J connectivity index is 1.39. The van der Waals surface area contributed by atoms with Gasteiger partial charge in [-0.25, -0.2) is 13.9 Å². The largest absolute Gasteiger partial charge is 0.462 e. The van der Waals surface area contributed by atoms with E-state index in [0.717, 1.165) is 5.39 Å². The van der Waals surface area contributed by atoms with Crippen LogP contribution < -0.4 is 20.7 Å². The summed E-state index contributed by atoms with van der Waals surface area (Å²) >= 11 is 0. The van der Waals surface area contributed by atoms with Gasteiger partial charge in [-0.05, 0) is 32.2 Å². The van der Waals surface area contributed by atoms with Gasteiger partial charge >= 0.3 is 13.7 Å². The molecule has 1 unspecified atom stereocenters. The zero-order valence-electron chi connectivity index (χ0n) is 24.5. The lowest BCUT2D eigenvalue weighted by Gasteiger charge is -2.27. The maximum absolute atomic E-state index is 16.3. The van der Waals surface area contributed by atoms with Crippen molar-refractivity contribution in [3.05, 3.63) is 48.8 Å². The van der Waals surface area contributed by atoms with Crippen molar-refractivity contribution in [1.29, 1.82) is 0 Å². The Bertz CT molecular complexity index is 1680. The Morgan fingerprint density at radius 2 is 1.98 bits per heavy atom. The molecule has 0 amide bonds. The third kappa shape index (κ3) is 6.57. The lowest BCUT2D eigenvalue weighted by molar-refractivity contribution is -0.173. The van der Waals surface area contributed by atoms with Gasteiger partial charge in [-0.15, -0.1) is 0 Å². The van der Waals surface area contributed by atoms with E-state index in [-0.39, 0.29) is 24.0 Å². The number of alkyl halides is 1. The molecule has 3 heterocycles. The minimum atomic E-state index is -4.39. The number of ether oxygens (including phenoxy) is 2. The second kappa shape index (κ2) is 12.0. The van der Waals surface area contributed by atoms with E-state index in [1.54, 1.807) is 56.7 Å². The van der Waals surface area contributed by atoms with Crippen LogP contribution in [0.3, 0.4) is 0 Å². The van der Waals surface area contributed by atoms with Gasteiger partial charge in [0.05, 0.1) is 12.4 Å². The first-order valence-corrected chi connectivity index (χ1v) is 15.4. The molecule has 15 heteroatoms. The van der Waals surface area contributed by atoms with Crippen LogP contribution in [0.15, 0.2) is 48.8 Å². The number of carbonyl (C=O) groups is 1. The molecule has 0 bridgehead atoms. The Morgan fingerprint density at radius 3 is 2.72 bits per heavy atom. The van der Waals surface area contributed by atoms with Gasteiger partial charge in [-0.1, -0.05) is 43.3 Å². The monoisotopic (exact) mass is 615 g/mol. The minimum absolute atomic E-state index is 0.0156. The SMILES string of the molecule is CNc1nc(N)nc2c1ncn2[C@@H]1O[C@](F)(COP(=O)(N[C@H](C)C(=O)OC(C)C)Oc2cccc3ccccc23)C[C@@H]1C. The fourth-order valence-electron chi connectivity index (χ4n) is 4.98. The number of carbonyl (C=O) groups excluding carboxylic acids is 1. The van der Waals surface area contributed by atoms with Crippen molar-refractivity contribution in [3.63, 3.8) is 0 Å². The van der Waals surface area contributed by atoms with Crippen LogP contribution in [0.5, 0.6) is 5.75 Å². The topological polar surface area (TPSA) is 165 Å². The van der Waals surface area contributed by atoms with Crippen molar-refractivity contribution in [2.24, 2.45) is 5.92 Å². The molecule has 0 saturated carbocycles. The van der Waals surface area contributed by atoms with Crippen molar-refractivity contribution in [3.8, 4) is 5.75 Å². The Hall–Kier alpha value is -3.84. The maximum atomic E-state index is 16.3. The van der Waals surface area contributed by atoms with Crippen LogP contribution in [-0.4, -0.2) is 57.1 Å². The highest BCUT2D eigenvalue weighted by Crippen LogP contribution is 2.50. The van der Waals surface area contributed by atoms with E-state index in [0.29, 0.717) is 22.4 Å². The predicted octanol–water partition coefficient (Wildman–Crippen LogP) is 4.96. The molecule has 0 spiro atoms. The molecular formula is C28H35FN7O6P. The standard InChI is InChI=1S/C28H35FN7O6P/c1-16(2)40-26(37)18(4)35-43(38,42-21-12-8-10-19-9-6-7-11-20(19)21)39-14-28(29)13-17(3)25(41-28)36-15-32-22-23(31-5)33-27(30)34-24(22)36/h6-12,15-18,25H,13-14H2,1-5H3,(H,35,38)(H3,30,31,33,34)/t17-,18+,25+,28-,43?/m0/s1. The Labute approximate surface area is 247 Å². The van der Waals surface area contributed by atoms with E-state index in [9.17, 15) is 9.36 Å². The van der Waals surface area contributed by atoms with Crippen molar-refractivity contribution < 1.29 is 32.3 Å². The Kier molecular flexibility index (Phi) is 8.57. The van der Waals surface area contributed by atoms with Gasteiger partial charge in [-0.2, -0.15) is 15.1 Å². The summed E-state index contributed by atoms with van der Waals surface area (Å²) in [7, 11) is -2.71. The van der Waals surface area contributed by atoms with Crippen LogP contribution in [0.2, 0.25) is 0 Å². The van der Waals surface area contributed by atoms with Crippen molar-refractivity contribution in [2.45, 2.75) is 58.3 Å². The minimum Gasteiger partial charge on any atom is -0.462 e. The molecule has 1 saturated heterocycles. The maximum Gasteiger partial charge on any atom is 0.459 e. The summed E-state index contributed by atoms with van der Waals surface area (Å²) in [5, 5.41) is 7.01. The number of nitrogens with one attached hydrogen (secondary N) is 2. The molecular weight excluding hydrogens is 580 g/mol. The molecule has 0 radical (unpaired) electrons. The van der Waals surface area contributed by atoms with E-state index >= 15 is 4.39 Å². The van der Waals surface area contributed by atoms with Gasteiger partial charge in [0.2, 0.25) is 11.8 Å². The number of hydrogen-bond donors (Lipinski definition) is 3. The van der Waals surface area contributed by atoms with E-state index in [1.165, 1.54) is 13.3 Å². The summed E-state index contributed by atoms with van der Waals surface area (Å²) in [6.45, 7) is 5.88. The quantitative estimate of drug-likeness (QED) is 0.154. The molecule has 2 aromatic heterocycles. The number of nitrogen functional groups attached to an aromatic ring is 1. The summed E-state index contributed by atoms with van der Waals surface area (Å²) in [4.78, 5) is 25.3. The lowest BCUT2D eigenvalue weighted by Crippen LogP contribution is -2.37. The lowest BCUT2D eigenvalue weighted by atomic mass is 10.1. The van der Waals surface area contributed by atoms with Gasteiger partial charge in [-0.3, -0.25) is 13.9 Å². The van der Waals surface area contributed by atoms with Crippen LogP contribution in [-0.2, 0) is 23.4 Å². The number of halogens is 1. The second-order valence-electron chi connectivity index (χ2n) is 10.8. The highest BCUT2D eigenvalue weighted by atomic mass is 31.2. The van der Waals surface area contributed by atoms with Gasteiger partial charge < -0.3 is 25.0 Å². The number of aromatic nitrogens is 4. The summed E-state index contributed by atoms with van der Waals surface area (Å²) in [6.07, 6.45) is 0.144. The zero-order chi connectivity index (χ0) is 30.9. The first-order chi connectivity index (χ1) is 20.4. The van der Waals surface area contributed by atoms with Gasteiger partial charge in [0.25, 0.3) is 0 Å². The molecule has 13 nitrogen and oxygen atoms in total. The number of benzene rings is 2. The average molecular weight is 616 g/mol. The van der Waals surface area contributed by atoms with E-state index < -0.39 is 44.6 Å². The van der Waals surface area contributed by atoms with E-state index in [1.807, 2.05) is 18.2 Å². The fraction of sp³-hybridized carbons (Fsp3) is 0.429. The second-order valence-corrected chi connectivity index (χ2v) is 12.4. The van der Waals surface area contributed by atoms with Gasteiger partial charge in [0, 0.05) is 24.8 Å². The average Bonchev–Trinajstić information content (AvgIpc) is 3.51. The zero-order valence-corrected chi connectivity index (χ0v) is 25.4. The highest BCUT2D eigenvalue weighted by Gasteiger charge is 2.49. The number of hydrogen-bond acceptors (Lipinski definition) is 11. The van der Waals surface area contributed by atoms with E-state index in [4.69, 9.17) is 24.3 Å². The third-order valence-corrected chi connectivity index (χ3v) is 8.48.